The summed E-state index contributed by atoms with van der Waals surface area (Å²) in [6, 6.07) is 15.3. The smallest absolute Gasteiger partial charge is 0.306 e. The van der Waals surface area contributed by atoms with Gasteiger partial charge in [0.15, 0.2) is 6.61 Å². The minimum absolute atomic E-state index is 0.186. The van der Waals surface area contributed by atoms with Crippen molar-refractivity contribution in [2.75, 3.05) is 24.7 Å². The van der Waals surface area contributed by atoms with E-state index in [2.05, 4.69) is 15.9 Å². The van der Waals surface area contributed by atoms with Crippen molar-refractivity contribution in [1.82, 2.24) is 0 Å². The second-order valence-corrected chi connectivity index (χ2v) is 6.91. The molecule has 26 heavy (non-hydrogen) atoms. The van der Waals surface area contributed by atoms with E-state index in [1.807, 2.05) is 48.5 Å². The Morgan fingerprint density at radius 3 is 2.81 bits per heavy atom. The number of amides is 1. The molecular formula is C20H20BrNO4. The number of anilines is 1. The van der Waals surface area contributed by atoms with E-state index >= 15 is 0 Å². The fourth-order valence-electron chi connectivity index (χ4n) is 2.85. The van der Waals surface area contributed by atoms with Crippen molar-refractivity contribution in [3.8, 4) is 5.75 Å². The molecule has 1 aliphatic rings. The molecule has 0 aromatic heterocycles. The summed E-state index contributed by atoms with van der Waals surface area (Å²) in [6.07, 6.45) is 1.59. The maximum atomic E-state index is 12.3. The van der Waals surface area contributed by atoms with Crippen LogP contribution in [-0.4, -0.2) is 31.6 Å². The van der Waals surface area contributed by atoms with Gasteiger partial charge < -0.3 is 14.4 Å². The lowest BCUT2D eigenvalue weighted by Gasteiger charge is -2.17. The van der Waals surface area contributed by atoms with Crippen molar-refractivity contribution in [3.05, 3.63) is 58.6 Å². The molecule has 0 aliphatic carbocycles. The zero-order valence-electron chi connectivity index (χ0n) is 14.3. The number of carbonyl (C=O) groups excluding carboxylic acids is 2. The van der Waals surface area contributed by atoms with Gasteiger partial charge in [-0.3, -0.25) is 9.59 Å². The first-order chi connectivity index (χ1) is 12.6. The summed E-state index contributed by atoms with van der Waals surface area (Å²) in [5.41, 5.74) is 2.06. The molecule has 5 nitrogen and oxygen atoms in total. The van der Waals surface area contributed by atoms with Crippen LogP contribution in [-0.2, 0) is 20.7 Å². The summed E-state index contributed by atoms with van der Waals surface area (Å²) in [6.45, 7) is 0.828. The minimum Gasteiger partial charge on any atom is -0.494 e. The predicted octanol–water partition coefficient (Wildman–Crippen LogP) is 3.74. The molecule has 0 saturated carbocycles. The Morgan fingerprint density at radius 1 is 1.12 bits per heavy atom. The quantitative estimate of drug-likeness (QED) is 0.508. The highest BCUT2D eigenvalue weighted by Crippen LogP contribution is 2.27. The van der Waals surface area contributed by atoms with Crippen LogP contribution in [0.5, 0.6) is 5.75 Å². The molecule has 0 saturated heterocycles. The Morgan fingerprint density at radius 2 is 1.96 bits per heavy atom. The van der Waals surface area contributed by atoms with E-state index in [4.69, 9.17) is 9.47 Å². The number of para-hydroxylation sites is 1. The molecule has 0 spiro atoms. The van der Waals surface area contributed by atoms with Gasteiger partial charge in [-0.05, 0) is 42.7 Å². The van der Waals surface area contributed by atoms with Crippen molar-refractivity contribution in [1.29, 1.82) is 0 Å². The van der Waals surface area contributed by atoms with Crippen LogP contribution < -0.4 is 9.64 Å². The second-order valence-electron chi connectivity index (χ2n) is 5.99. The van der Waals surface area contributed by atoms with E-state index in [9.17, 15) is 9.59 Å². The second kappa shape index (κ2) is 8.85. The molecule has 0 bridgehead atoms. The largest absolute Gasteiger partial charge is 0.494 e. The average Bonchev–Trinajstić information content (AvgIpc) is 3.07. The third-order valence-corrected chi connectivity index (χ3v) is 4.63. The average molecular weight is 418 g/mol. The van der Waals surface area contributed by atoms with Crippen LogP contribution in [0.15, 0.2) is 53.0 Å². The minimum atomic E-state index is -0.385. The summed E-state index contributed by atoms with van der Waals surface area (Å²) < 4.78 is 11.6. The molecule has 0 unspecified atom stereocenters. The lowest BCUT2D eigenvalue weighted by atomic mass is 10.2. The number of nitrogens with zero attached hydrogens (tertiary/aromatic N) is 1. The summed E-state index contributed by atoms with van der Waals surface area (Å²) in [7, 11) is 0. The van der Waals surface area contributed by atoms with Gasteiger partial charge in [0.1, 0.15) is 5.75 Å². The number of fused-ring (bicyclic) bond motifs is 1. The Kier molecular flexibility index (Phi) is 6.28. The molecular weight excluding hydrogens is 398 g/mol. The molecule has 1 amide bonds. The van der Waals surface area contributed by atoms with Crippen molar-refractivity contribution < 1.29 is 19.1 Å². The van der Waals surface area contributed by atoms with E-state index < -0.39 is 0 Å². The van der Waals surface area contributed by atoms with Crippen molar-refractivity contribution in [3.63, 3.8) is 0 Å². The highest BCUT2D eigenvalue weighted by atomic mass is 79.9. The van der Waals surface area contributed by atoms with Gasteiger partial charge >= 0.3 is 5.97 Å². The van der Waals surface area contributed by atoms with Crippen LogP contribution in [0, 0.1) is 0 Å². The van der Waals surface area contributed by atoms with Crippen molar-refractivity contribution in [2.24, 2.45) is 0 Å². The Balaban J connectivity index is 1.36. The van der Waals surface area contributed by atoms with Gasteiger partial charge in [0.05, 0.1) is 6.61 Å². The van der Waals surface area contributed by atoms with Crippen LogP contribution >= 0.6 is 15.9 Å². The van der Waals surface area contributed by atoms with E-state index in [0.29, 0.717) is 19.6 Å². The van der Waals surface area contributed by atoms with Crippen LogP contribution in [0.3, 0.4) is 0 Å². The summed E-state index contributed by atoms with van der Waals surface area (Å²) in [4.78, 5) is 25.8. The van der Waals surface area contributed by atoms with Crippen molar-refractivity contribution in [2.45, 2.75) is 19.3 Å². The number of benzene rings is 2. The van der Waals surface area contributed by atoms with Gasteiger partial charge in [0.2, 0.25) is 0 Å². The van der Waals surface area contributed by atoms with Crippen LogP contribution in [0.1, 0.15) is 18.4 Å². The molecule has 3 rings (SSSR count). The summed E-state index contributed by atoms with van der Waals surface area (Å²) in [5, 5.41) is 0. The van der Waals surface area contributed by atoms with E-state index in [-0.39, 0.29) is 24.9 Å². The van der Waals surface area contributed by atoms with Crippen LogP contribution in [0.25, 0.3) is 0 Å². The third kappa shape index (κ3) is 4.85. The maximum absolute atomic E-state index is 12.3. The monoisotopic (exact) mass is 417 g/mol. The van der Waals surface area contributed by atoms with E-state index in [1.54, 1.807) is 4.90 Å². The molecule has 0 fully saturated rings. The Hall–Kier alpha value is -2.34. The molecule has 0 radical (unpaired) electrons. The number of esters is 1. The SMILES string of the molecule is O=C(CCCOc1cccc(Br)c1)OCC(=O)N1CCc2ccccc21. The van der Waals surface area contributed by atoms with Gasteiger partial charge in [-0.15, -0.1) is 0 Å². The standard InChI is InChI=1S/C20H20BrNO4/c21-16-6-3-7-17(13-16)25-12-4-9-20(24)26-14-19(23)22-11-10-15-5-1-2-8-18(15)22/h1-3,5-8,13H,4,9-12,14H2. The highest BCUT2D eigenvalue weighted by Gasteiger charge is 2.24. The zero-order chi connectivity index (χ0) is 18.4. The molecule has 1 heterocycles. The first-order valence-corrected chi connectivity index (χ1v) is 9.35. The Labute approximate surface area is 161 Å². The predicted molar refractivity (Wildman–Crippen MR) is 102 cm³/mol. The Bertz CT molecular complexity index is 793. The van der Waals surface area contributed by atoms with Gasteiger partial charge in [-0.1, -0.05) is 40.2 Å². The van der Waals surface area contributed by atoms with Gasteiger partial charge in [-0.2, -0.15) is 0 Å². The van der Waals surface area contributed by atoms with E-state index in [0.717, 1.165) is 27.9 Å². The van der Waals surface area contributed by atoms with E-state index in [1.165, 1.54) is 0 Å². The molecule has 2 aromatic rings. The highest BCUT2D eigenvalue weighted by molar-refractivity contribution is 9.10. The fraction of sp³-hybridized carbons (Fsp3) is 0.300. The van der Waals surface area contributed by atoms with Gasteiger partial charge in [0.25, 0.3) is 5.91 Å². The molecule has 0 atom stereocenters. The third-order valence-electron chi connectivity index (χ3n) is 4.13. The number of halogens is 1. The molecule has 136 valence electrons. The normalized spacial score (nSPS) is 12.6. The number of hydrogen-bond acceptors (Lipinski definition) is 4. The molecule has 1 aliphatic heterocycles. The molecule has 6 heteroatoms. The lowest BCUT2D eigenvalue weighted by Crippen LogP contribution is -2.33. The van der Waals surface area contributed by atoms with Gasteiger partial charge in [0, 0.05) is 23.1 Å². The van der Waals surface area contributed by atoms with Crippen LogP contribution in [0.2, 0.25) is 0 Å². The lowest BCUT2D eigenvalue weighted by molar-refractivity contribution is -0.148. The molecule has 0 N–H and O–H groups in total. The first kappa shape index (κ1) is 18.5. The van der Waals surface area contributed by atoms with Gasteiger partial charge in [-0.25, -0.2) is 0 Å². The summed E-state index contributed by atoms with van der Waals surface area (Å²) in [5.74, 6) is 0.174. The number of carbonyl (C=O) groups is 2. The number of ether oxygens (including phenoxy) is 2. The number of hydrogen-bond donors (Lipinski definition) is 0. The van der Waals surface area contributed by atoms with Crippen molar-refractivity contribution >= 4 is 33.5 Å². The first-order valence-electron chi connectivity index (χ1n) is 8.56. The fourth-order valence-corrected chi connectivity index (χ4v) is 3.23. The number of rotatable bonds is 7. The maximum Gasteiger partial charge on any atom is 0.306 e. The van der Waals surface area contributed by atoms with Crippen LogP contribution in [0.4, 0.5) is 5.69 Å². The summed E-state index contributed by atoms with van der Waals surface area (Å²) >= 11 is 3.38. The molecule has 2 aromatic carbocycles. The topological polar surface area (TPSA) is 55.8 Å². The zero-order valence-corrected chi connectivity index (χ0v) is 15.9.